The zero-order valence-corrected chi connectivity index (χ0v) is 11.6. The topological polar surface area (TPSA) is 73.1 Å². The highest BCUT2D eigenvalue weighted by Crippen LogP contribution is 2.30. The van der Waals surface area contributed by atoms with E-state index in [9.17, 15) is 5.11 Å². The Bertz CT molecular complexity index is 793. The Hall–Kier alpha value is -2.05. The molecule has 1 aliphatic rings. The van der Waals surface area contributed by atoms with Gasteiger partial charge in [0.25, 0.3) is 0 Å². The molecule has 4 rings (SSSR count). The van der Waals surface area contributed by atoms with Crippen LogP contribution >= 0.6 is 0 Å². The molecule has 1 atom stereocenters. The Morgan fingerprint density at radius 3 is 3.10 bits per heavy atom. The van der Waals surface area contributed by atoms with E-state index in [0.29, 0.717) is 12.4 Å². The van der Waals surface area contributed by atoms with Gasteiger partial charge in [-0.2, -0.15) is 0 Å². The van der Waals surface area contributed by atoms with Crippen LogP contribution in [0.2, 0.25) is 0 Å². The lowest BCUT2D eigenvalue weighted by Crippen LogP contribution is -2.23. The van der Waals surface area contributed by atoms with Crippen molar-refractivity contribution in [3.05, 3.63) is 30.4 Å². The van der Waals surface area contributed by atoms with Gasteiger partial charge in [0.2, 0.25) is 0 Å². The third-order valence-electron chi connectivity index (χ3n) is 3.99. The highest BCUT2D eigenvalue weighted by molar-refractivity contribution is 5.99. The number of rotatable bonds is 2. The first-order chi connectivity index (χ1) is 10.4. The predicted octanol–water partition coefficient (Wildman–Crippen LogP) is 1.82. The van der Waals surface area contributed by atoms with E-state index in [1.54, 1.807) is 12.4 Å². The molecule has 21 heavy (non-hydrogen) atoms. The highest BCUT2D eigenvalue weighted by atomic mass is 16.5. The molecule has 0 saturated carbocycles. The third kappa shape index (κ3) is 1.99. The van der Waals surface area contributed by atoms with Gasteiger partial charge in [-0.25, -0.2) is 4.98 Å². The second-order valence-electron chi connectivity index (χ2n) is 5.29. The molecule has 1 N–H and O–H groups in total. The molecule has 3 aromatic rings. The van der Waals surface area contributed by atoms with E-state index < -0.39 is 0 Å². The maximum absolute atomic E-state index is 9.66. The molecule has 0 radical (unpaired) electrons. The second kappa shape index (κ2) is 5.05. The van der Waals surface area contributed by atoms with Crippen LogP contribution in [-0.4, -0.2) is 37.8 Å². The third-order valence-corrected chi connectivity index (χ3v) is 3.99. The summed E-state index contributed by atoms with van der Waals surface area (Å²) in [6.07, 6.45) is 5.55. The lowest BCUT2D eigenvalue weighted by molar-refractivity contribution is 0.0582. The Kier molecular flexibility index (Phi) is 3.05. The standard InChI is InChI=1S/C15H16N4O2/c20-8-13-18-12-7-17-11-4-1-5-16-14(11)15(12)19(13)10-3-2-6-21-9-10/h1,4-5,7,10,20H,2-3,6,8-9H2/t10-/m0/s1. The molecule has 3 aromatic heterocycles. The van der Waals surface area contributed by atoms with Crippen LogP contribution in [0, 0.1) is 0 Å². The van der Waals surface area contributed by atoms with Gasteiger partial charge in [0, 0.05) is 12.8 Å². The van der Waals surface area contributed by atoms with E-state index in [-0.39, 0.29) is 12.6 Å². The molecule has 0 amide bonds. The van der Waals surface area contributed by atoms with Crippen molar-refractivity contribution in [3.63, 3.8) is 0 Å². The van der Waals surface area contributed by atoms with Gasteiger partial charge in [-0.05, 0) is 25.0 Å². The van der Waals surface area contributed by atoms with Crippen molar-refractivity contribution in [2.75, 3.05) is 13.2 Å². The average Bonchev–Trinajstić information content (AvgIpc) is 2.94. The molecule has 0 spiro atoms. The summed E-state index contributed by atoms with van der Waals surface area (Å²) in [7, 11) is 0. The van der Waals surface area contributed by atoms with Crippen molar-refractivity contribution in [2.24, 2.45) is 0 Å². The predicted molar refractivity (Wildman–Crippen MR) is 77.8 cm³/mol. The zero-order valence-electron chi connectivity index (χ0n) is 11.6. The van der Waals surface area contributed by atoms with Crippen LogP contribution in [0.3, 0.4) is 0 Å². The lowest BCUT2D eigenvalue weighted by atomic mass is 10.1. The number of imidazole rings is 1. The number of aliphatic hydroxyl groups is 1. The fourth-order valence-electron chi connectivity index (χ4n) is 3.07. The minimum Gasteiger partial charge on any atom is -0.388 e. The summed E-state index contributed by atoms with van der Waals surface area (Å²) < 4.78 is 7.69. The molecule has 0 unspecified atom stereocenters. The number of ether oxygens (including phenoxy) is 1. The summed E-state index contributed by atoms with van der Waals surface area (Å²) in [6, 6.07) is 4.01. The van der Waals surface area contributed by atoms with Gasteiger partial charge < -0.3 is 14.4 Å². The first kappa shape index (κ1) is 12.7. The van der Waals surface area contributed by atoms with Crippen molar-refractivity contribution >= 4 is 22.1 Å². The van der Waals surface area contributed by atoms with E-state index >= 15 is 0 Å². The van der Waals surface area contributed by atoms with Gasteiger partial charge in [0.15, 0.2) is 0 Å². The first-order valence-corrected chi connectivity index (χ1v) is 7.17. The molecule has 108 valence electrons. The largest absolute Gasteiger partial charge is 0.388 e. The van der Waals surface area contributed by atoms with E-state index in [4.69, 9.17) is 4.74 Å². The SMILES string of the molecule is OCc1nc2cnc3cccnc3c2n1[C@H]1CCCOC1. The molecule has 0 bridgehead atoms. The number of aliphatic hydroxyl groups excluding tert-OH is 1. The fraction of sp³-hybridized carbons (Fsp3) is 0.400. The number of fused-ring (bicyclic) bond motifs is 3. The number of hydrogen-bond donors (Lipinski definition) is 1. The van der Waals surface area contributed by atoms with Crippen LogP contribution in [0.25, 0.3) is 22.1 Å². The summed E-state index contributed by atoms with van der Waals surface area (Å²) in [5.74, 6) is 0.653. The Morgan fingerprint density at radius 1 is 1.33 bits per heavy atom. The van der Waals surface area contributed by atoms with Crippen molar-refractivity contribution in [1.29, 1.82) is 0 Å². The van der Waals surface area contributed by atoms with Gasteiger partial charge in [-0.3, -0.25) is 9.97 Å². The molecule has 6 nitrogen and oxygen atoms in total. The van der Waals surface area contributed by atoms with Crippen LogP contribution in [0.15, 0.2) is 24.5 Å². The number of aromatic nitrogens is 4. The summed E-state index contributed by atoms with van der Waals surface area (Å²) in [4.78, 5) is 13.4. The van der Waals surface area contributed by atoms with Crippen LogP contribution in [0.1, 0.15) is 24.7 Å². The number of nitrogens with zero attached hydrogens (tertiary/aromatic N) is 4. The maximum atomic E-state index is 9.66. The first-order valence-electron chi connectivity index (χ1n) is 7.17. The Balaban J connectivity index is 2.03. The van der Waals surface area contributed by atoms with E-state index in [1.807, 2.05) is 12.1 Å². The van der Waals surface area contributed by atoms with Crippen LogP contribution < -0.4 is 0 Å². The molecule has 4 heterocycles. The minimum absolute atomic E-state index is 0.0977. The van der Waals surface area contributed by atoms with Gasteiger partial charge in [0.05, 0.1) is 29.9 Å². The van der Waals surface area contributed by atoms with Gasteiger partial charge in [-0.1, -0.05) is 0 Å². The molecular formula is C15H16N4O2. The van der Waals surface area contributed by atoms with E-state index in [1.165, 1.54) is 0 Å². The summed E-state index contributed by atoms with van der Waals surface area (Å²) in [6.45, 7) is 1.35. The maximum Gasteiger partial charge on any atom is 0.136 e. The number of pyridine rings is 2. The zero-order chi connectivity index (χ0) is 14.2. The molecule has 0 aliphatic carbocycles. The fourth-order valence-corrected chi connectivity index (χ4v) is 3.07. The Morgan fingerprint density at radius 2 is 2.29 bits per heavy atom. The van der Waals surface area contributed by atoms with Gasteiger partial charge >= 0.3 is 0 Å². The normalized spacial score (nSPS) is 19.4. The van der Waals surface area contributed by atoms with Crippen LogP contribution in [-0.2, 0) is 11.3 Å². The number of hydrogen-bond acceptors (Lipinski definition) is 5. The minimum atomic E-state index is -0.0977. The smallest absolute Gasteiger partial charge is 0.136 e. The van der Waals surface area contributed by atoms with E-state index in [0.717, 1.165) is 41.5 Å². The molecule has 0 aromatic carbocycles. The monoisotopic (exact) mass is 284 g/mol. The van der Waals surface area contributed by atoms with Crippen molar-refractivity contribution in [3.8, 4) is 0 Å². The van der Waals surface area contributed by atoms with E-state index in [2.05, 4.69) is 19.5 Å². The summed E-state index contributed by atoms with van der Waals surface area (Å²) in [5.41, 5.74) is 3.39. The molecule has 1 fully saturated rings. The van der Waals surface area contributed by atoms with Crippen LogP contribution in [0.5, 0.6) is 0 Å². The highest BCUT2D eigenvalue weighted by Gasteiger charge is 2.23. The van der Waals surface area contributed by atoms with Gasteiger partial charge in [0.1, 0.15) is 23.5 Å². The van der Waals surface area contributed by atoms with Crippen molar-refractivity contribution in [1.82, 2.24) is 19.5 Å². The van der Waals surface area contributed by atoms with Crippen molar-refractivity contribution in [2.45, 2.75) is 25.5 Å². The Labute approximate surface area is 121 Å². The quantitative estimate of drug-likeness (QED) is 0.777. The summed E-state index contributed by atoms with van der Waals surface area (Å²) in [5, 5.41) is 9.66. The van der Waals surface area contributed by atoms with Crippen LogP contribution in [0.4, 0.5) is 0 Å². The van der Waals surface area contributed by atoms with Crippen molar-refractivity contribution < 1.29 is 9.84 Å². The molecular weight excluding hydrogens is 268 g/mol. The second-order valence-corrected chi connectivity index (χ2v) is 5.29. The molecule has 1 saturated heterocycles. The summed E-state index contributed by atoms with van der Waals surface area (Å²) >= 11 is 0. The van der Waals surface area contributed by atoms with Gasteiger partial charge in [-0.15, -0.1) is 0 Å². The molecule has 6 heteroatoms. The lowest BCUT2D eigenvalue weighted by Gasteiger charge is -2.25. The average molecular weight is 284 g/mol. The molecule has 1 aliphatic heterocycles.